The summed E-state index contributed by atoms with van der Waals surface area (Å²) in [5, 5.41) is 2.52. The van der Waals surface area contributed by atoms with E-state index in [2.05, 4.69) is 5.32 Å². The lowest BCUT2D eigenvalue weighted by Gasteiger charge is -2.31. The molecule has 34 heavy (non-hydrogen) atoms. The number of nitrogens with one attached hydrogen (secondary N) is 1. The molecule has 0 spiro atoms. The normalized spacial score (nSPS) is 14.4. The molecule has 0 aromatic heterocycles. The SMILES string of the molecule is COC(=O)C(NC(=O)[C@H](N)c1ccccc1OC(=O)Cc1ccccc1)=C(C)CN1CCC1=O. The van der Waals surface area contributed by atoms with E-state index in [0.717, 1.165) is 5.56 Å². The predicted octanol–water partition coefficient (Wildman–Crippen LogP) is 1.63. The van der Waals surface area contributed by atoms with Gasteiger partial charge in [0, 0.05) is 25.1 Å². The Hall–Kier alpha value is -3.98. The van der Waals surface area contributed by atoms with Crippen LogP contribution in [-0.4, -0.2) is 48.9 Å². The number of esters is 2. The molecule has 0 saturated carbocycles. The average molecular weight is 466 g/mol. The molecule has 2 amide bonds. The zero-order valence-electron chi connectivity index (χ0n) is 19.1. The summed E-state index contributed by atoms with van der Waals surface area (Å²) in [5.74, 6) is -1.83. The Morgan fingerprint density at radius 3 is 2.38 bits per heavy atom. The van der Waals surface area contributed by atoms with Gasteiger partial charge in [0.15, 0.2) is 0 Å². The molecular weight excluding hydrogens is 438 g/mol. The second-order valence-electron chi connectivity index (χ2n) is 7.85. The molecule has 3 rings (SSSR count). The lowest BCUT2D eigenvalue weighted by molar-refractivity contribution is -0.140. The van der Waals surface area contributed by atoms with Crippen molar-refractivity contribution in [3.05, 3.63) is 77.0 Å². The number of rotatable bonds is 9. The van der Waals surface area contributed by atoms with Crippen LogP contribution in [-0.2, 0) is 30.3 Å². The molecule has 1 fully saturated rings. The van der Waals surface area contributed by atoms with Crippen LogP contribution in [0.3, 0.4) is 0 Å². The molecule has 3 N–H and O–H groups in total. The monoisotopic (exact) mass is 465 g/mol. The van der Waals surface area contributed by atoms with E-state index in [1.807, 2.05) is 30.3 Å². The number of nitrogens with two attached hydrogens (primary N) is 1. The average Bonchev–Trinajstić information content (AvgIpc) is 2.84. The van der Waals surface area contributed by atoms with Gasteiger partial charge in [-0.05, 0) is 24.1 Å². The van der Waals surface area contributed by atoms with Crippen molar-refractivity contribution in [3.8, 4) is 5.75 Å². The third-order valence-electron chi connectivity index (χ3n) is 5.39. The topological polar surface area (TPSA) is 128 Å². The summed E-state index contributed by atoms with van der Waals surface area (Å²) in [6.45, 7) is 2.40. The van der Waals surface area contributed by atoms with E-state index in [-0.39, 0.29) is 35.9 Å². The zero-order chi connectivity index (χ0) is 24.7. The maximum atomic E-state index is 12.9. The van der Waals surface area contributed by atoms with Crippen molar-refractivity contribution in [2.24, 2.45) is 5.73 Å². The molecule has 0 aliphatic carbocycles. The Bertz CT molecular complexity index is 1110. The van der Waals surface area contributed by atoms with Gasteiger partial charge in [0.25, 0.3) is 0 Å². The fraction of sp³-hybridized carbons (Fsp3) is 0.280. The summed E-state index contributed by atoms with van der Waals surface area (Å²) in [7, 11) is 1.19. The first-order chi connectivity index (χ1) is 16.3. The molecule has 1 saturated heterocycles. The number of hydrogen-bond donors (Lipinski definition) is 2. The Kier molecular flexibility index (Phi) is 8.15. The minimum Gasteiger partial charge on any atom is -0.464 e. The lowest BCUT2D eigenvalue weighted by atomic mass is 10.0. The molecule has 0 unspecified atom stereocenters. The highest BCUT2D eigenvalue weighted by molar-refractivity contribution is 5.96. The molecule has 2 aromatic carbocycles. The van der Waals surface area contributed by atoms with E-state index < -0.39 is 23.9 Å². The number of ether oxygens (including phenoxy) is 2. The lowest BCUT2D eigenvalue weighted by Crippen LogP contribution is -2.45. The molecule has 9 nitrogen and oxygen atoms in total. The summed E-state index contributed by atoms with van der Waals surface area (Å²) in [5.41, 5.74) is 7.62. The highest BCUT2D eigenvalue weighted by Crippen LogP contribution is 2.25. The Morgan fingerprint density at radius 2 is 1.76 bits per heavy atom. The summed E-state index contributed by atoms with van der Waals surface area (Å²) >= 11 is 0. The fourth-order valence-electron chi connectivity index (χ4n) is 3.42. The van der Waals surface area contributed by atoms with E-state index in [1.54, 1.807) is 36.1 Å². The van der Waals surface area contributed by atoms with Crippen LogP contribution >= 0.6 is 0 Å². The highest BCUT2D eigenvalue weighted by Gasteiger charge is 2.28. The van der Waals surface area contributed by atoms with Crippen LogP contribution in [0, 0.1) is 0 Å². The van der Waals surface area contributed by atoms with Gasteiger partial charge in [0.05, 0.1) is 13.5 Å². The molecule has 9 heteroatoms. The molecule has 0 bridgehead atoms. The number of hydrogen-bond acceptors (Lipinski definition) is 7. The molecule has 2 aromatic rings. The van der Waals surface area contributed by atoms with E-state index in [4.69, 9.17) is 15.2 Å². The zero-order valence-corrected chi connectivity index (χ0v) is 19.1. The van der Waals surface area contributed by atoms with Crippen molar-refractivity contribution in [1.82, 2.24) is 10.2 Å². The Balaban J connectivity index is 1.74. The standard InChI is InChI=1S/C25H27N3O6/c1-16(15-28-13-12-20(28)29)23(25(32)33-2)27-24(31)22(26)18-10-6-7-11-19(18)34-21(30)14-17-8-4-3-5-9-17/h3-11,22H,12-15,26H2,1-2H3,(H,27,31)/t22-/m1/s1. The van der Waals surface area contributed by atoms with Crippen LogP contribution in [0.2, 0.25) is 0 Å². The van der Waals surface area contributed by atoms with Gasteiger partial charge in [-0.3, -0.25) is 14.4 Å². The number of nitrogens with zero attached hydrogens (tertiary/aromatic N) is 1. The van der Waals surface area contributed by atoms with Crippen LogP contribution in [0.1, 0.15) is 30.5 Å². The summed E-state index contributed by atoms with van der Waals surface area (Å²) in [6, 6.07) is 14.3. The van der Waals surface area contributed by atoms with Gasteiger partial charge in [0.2, 0.25) is 11.8 Å². The largest absolute Gasteiger partial charge is 0.464 e. The minimum atomic E-state index is -1.24. The quantitative estimate of drug-likeness (QED) is 0.249. The first-order valence-electron chi connectivity index (χ1n) is 10.8. The van der Waals surface area contributed by atoms with E-state index in [9.17, 15) is 19.2 Å². The summed E-state index contributed by atoms with van der Waals surface area (Å²) in [6.07, 6.45) is 0.512. The smallest absolute Gasteiger partial charge is 0.354 e. The predicted molar refractivity (Wildman–Crippen MR) is 123 cm³/mol. The number of para-hydroxylation sites is 1. The number of carbonyl (C=O) groups excluding carboxylic acids is 4. The van der Waals surface area contributed by atoms with Crippen LogP contribution in [0.5, 0.6) is 5.75 Å². The fourth-order valence-corrected chi connectivity index (χ4v) is 3.42. The van der Waals surface area contributed by atoms with Crippen molar-refractivity contribution < 1.29 is 28.7 Å². The second kappa shape index (κ2) is 11.2. The third kappa shape index (κ3) is 6.08. The van der Waals surface area contributed by atoms with Crippen LogP contribution in [0.25, 0.3) is 0 Å². The molecule has 0 radical (unpaired) electrons. The minimum absolute atomic E-state index is 0.0298. The third-order valence-corrected chi connectivity index (χ3v) is 5.39. The van der Waals surface area contributed by atoms with Crippen molar-refractivity contribution in [1.29, 1.82) is 0 Å². The van der Waals surface area contributed by atoms with Gasteiger partial charge in [0.1, 0.15) is 17.5 Å². The van der Waals surface area contributed by atoms with Gasteiger partial charge in [-0.2, -0.15) is 0 Å². The van der Waals surface area contributed by atoms with Crippen LogP contribution in [0.4, 0.5) is 0 Å². The van der Waals surface area contributed by atoms with Crippen LogP contribution in [0.15, 0.2) is 65.9 Å². The molecule has 1 atom stereocenters. The first kappa shape index (κ1) is 24.7. The van der Waals surface area contributed by atoms with Crippen molar-refractivity contribution in [2.75, 3.05) is 20.2 Å². The molecule has 178 valence electrons. The Morgan fingerprint density at radius 1 is 1.09 bits per heavy atom. The number of methoxy groups -OCH3 is 1. The molecule has 1 aliphatic heterocycles. The maximum Gasteiger partial charge on any atom is 0.354 e. The number of β-lactam (4-membered cyclic amide) rings is 1. The summed E-state index contributed by atoms with van der Waals surface area (Å²) < 4.78 is 10.3. The van der Waals surface area contributed by atoms with Crippen molar-refractivity contribution in [2.45, 2.75) is 25.8 Å². The van der Waals surface area contributed by atoms with E-state index >= 15 is 0 Å². The number of benzene rings is 2. The van der Waals surface area contributed by atoms with Crippen molar-refractivity contribution in [3.63, 3.8) is 0 Å². The summed E-state index contributed by atoms with van der Waals surface area (Å²) in [4.78, 5) is 50.8. The Labute approximate surface area is 197 Å². The van der Waals surface area contributed by atoms with E-state index in [0.29, 0.717) is 18.5 Å². The van der Waals surface area contributed by atoms with Gasteiger partial charge in [-0.25, -0.2) is 4.79 Å². The number of likely N-dealkylation sites (tertiary alicyclic amines) is 1. The van der Waals surface area contributed by atoms with Gasteiger partial charge in [-0.15, -0.1) is 0 Å². The van der Waals surface area contributed by atoms with Gasteiger partial charge < -0.3 is 25.4 Å². The van der Waals surface area contributed by atoms with Crippen LogP contribution < -0.4 is 15.8 Å². The number of amides is 2. The van der Waals surface area contributed by atoms with E-state index in [1.165, 1.54) is 7.11 Å². The number of carbonyl (C=O) groups is 4. The molecule has 1 aliphatic rings. The molecular formula is C25H27N3O6. The highest BCUT2D eigenvalue weighted by atomic mass is 16.5. The van der Waals surface area contributed by atoms with Gasteiger partial charge >= 0.3 is 11.9 Å². The second-order valence-corrected chi connectivity index (χ2v) is 7.85. The molecule has 1 heterocycles. The maximum absolute atomic E-state index is 12.9. The van der Waals surface area contributed by atoms with Gasteiger partial charge in [-0.1, -0.05) is 48.5 Å². The van der Waals surface area contributed by atoms with Crippen molar-refractivity contribution >= 4 is 23.8 Å². The first-order valence-corrected chi connectivity index (χ1v) is 10.8.